The lowest BCUT2D eigenvalue weighted by atomic mass is 9.80. The quantitative estimate of drug-likeness (QED) is 0.876. The molecule has 120 valence electrons. The van der Waals surface area contributed by atoms with E-state index in [2.05, 4.69) is 24.3 Å². The van der Waals surface area contributed by atoms with Crippen molar-refractivity contribution in [3.63, 3.8) is 0 Å². The van der Waals surface area contributed by atoms with Gasteiger partial charge in [0, 0.05) is 24.1 Å². The summed E-state index contributed by atoms with van der Waals surface area (Å²) in [4.78, 5) is 0. The minimum atomic E-state index is -2.93. The van der Waals surface area contributed by atoms with Gasteiger partial charge in [-0.05, 0) is 31.1 Å². The molecule has 1 fully saturated rings. The average Bonchev–Trinajstić information content (AvgIpc) is 2.88. The van der Waals surface area contributed by atoms with Crippen LogP contribution in [0, 0.1) is 11.8 Å². The second-order valence-corrected chi connectivity index (χ2v) is 8.82. The molecule has 1 saturated carbocycles. The molecular formula is C15H27N3O2S. The monoisotopic (exact) mass is 313 g/mol. The molecule has 1 aliphatic carbocycles. The molecule has 3 atom stereocenters. The second kappa shape index (κ2) is 6.81. The Morgan fingerprint density at radius 1 is 1.38 bits per heavy atom. The number of sulfone groups is 1. The van der Waals surface area contributed by atoms with Crippen molar-refractivity contribution in [3.05, 3.63) is 12.3 Å². The molecule has 0 radical (unpaired) electrons. The number of anilines is 1. The topological polar surface area (TPSA) is 64.0 Å². The van der Waals surface area contributed by atoms with Gasteiger partial charge in [0.25, 0.3) is 0 Å². The molecule has 3 unspecified atom stereocenters. The van der Waals surface area contributed by atoms with Crippen LogP contribution in [0.3, 0.4) is 0 Å². The highest BCUT2D eigenvalue weighted by atomic mass is 32.2. The van der Waals surface area contributed by atoms with Crippen LogP contribution in [0.4, 0.5) is 5.82 Å². The maximum atomic E-state index is 11.5. The lowest BCUT2D eigenvalue weighted by Gasteiger charge is -2.33. The fourth-order valence-electron chi connectivity index (χ4n) is 3.01. The molecule has 2 rings (SSSR count). The van der Waals surface area contributed by atoms with E-state index < -0.39 is 9.84 Å². The van der Waals surface area contributed by atoms with Crippen LogP contribution < -0.4 is 5.32 Å². The summed E-state index contributed by atoms with van der Waals surface area (Å²) >= 11 is 0. The summed E-state index contributed by atoms with van der Waals surface area (Å²) in [5.41, 5.74) is 0. The third-order valence-electron chi connectivity index (χ3n) is 4.48. The van der Waals surface area contributed by atoms with Crippen molar-refractivity contribution in [3.8, 4) is 0 Å². The molecule has 0 bridgehead atoms. The molecule has 1 N–H and O–H groups in total. The fraction of sp³-hybridized carbons (Fsp3) is 0.800. The highest BCUT2D eigenvalue weighted by Crippen LogP contribution is 2.30. The first-order valence-electron chi connectivity index (χ1n) is 7.90. The van der Waals surface area contributed by atoms with Crippen LogP contribution in [0.1, 0.15) is 40.0 Å². The highest BCUT2D eigenvalue weighted by molar-refractivity contribution is 7.91. The van der Waals surface area contributed by atoms with E-state index in [1.807, 2.05) is 12.3 Å². The zero-order chi connectivity index (χ0) is 15.5. The SMILES string of the molecule is CCS(=O)(=O)CCn1ccc(NC2CCC(C)CC2C)n1. The zero-order valence-corrected chi connectivity index (χ0v) is 14.1. The fourth-order valence-corrected chi connectivity index (χ4v) is 3.76. The number of aromatic nitrogens is 2. The van der Waals surface area contributed by atoms with E-state index >= 15 is 0 Å². The van der Waals surface area contributed by atoms with Gasteiger partial charge in [0.1, 0.15) is 5.82 Å². The molecule has 0 spiro atoms. The van der Waals surface area contributed by atoms with Crippen LogP contribution in [-0.4, -0.2) is 35.7 Å². The van der Waals surface area contributed by atoms with E-state index in [9.17, 15) is 8.42 Å². The first kappa shape index (κ1) is 16.3. The first-order valence-corrected chi connectivity index (χ1v) is 9.72. The van der Waals surface area contributed by atoms with Gasteiger partial charge in [-0.25, -0.2) is 8.42 Å². The lowest BCUT2D eigenvalue weighted by Crippen LogP contribution is -2.33. The van der Waals surface area contributed by atoms with Crippen molar-refractivity contribution in [2.24, 2.45) is 11.8 Å². The molecule has 21 heavy (non-hydrogen) atoms. The van der Waals surface area contributed by atoms with E-state index in [4.69, 9.17) is 0 Å². The highest BCUT2D eigenvalue weighted by Gasteiger charge is 2.25. The van der Waals surface area contributed by atoms with Crippen molar-refractivity contribution >= 4 is 15.7 Å². The number of hydrogen-bond acceptors (Lipinski definition) is 4. The van der Waals surface area contributed by atoms with Crippen molar-refractivity contribution < 1.29 is 8.42 Å². The first-order chi connectivity index (χ1) is 9.89. The summed E-state index contributed by atoms with van der Waals surface area (Å²) in [5.74, 6) is 2.67. The molecular weight excluding hydrogens is 286 g/mol. The Bertz CT molecular complexity index is 553. The molecule has 1 aromatic rings. The molecule has 6 heteroatoms. The van der Waals surface area contributed by atoms with Gasteiger partial charge in [0.05, 0.1) is 12.3 Å². The van der Waals surface area contributed by atoms with Gasteiger partial charge < -0.3 is 5.32 Å². The van der Waals surface area contributed by atoms with Crippen LogP contribution in [0.15, 0.2) is 12.3 Å². The van der Waals surface area contributed by atoms with Gasteiger partial charge in [-0.3, -0.25) is 4.68 Å². The second-order valence-electron chi connectivity index (χ2n) is 6.35. The third kappa shape index (κ3) is 4.73. The summed E-state index contributed by atoms with van der Waals surface area (Å²) in [5, 5.41) is 7.94. The predicted molar refractivity (Wildman–Crippen MR) is 86.1 cm³/mol. The van der Waals surface area contributed by atoms with Crippen LogP contribution in [-0.2, 0) is 16.4 Å². The lowest BCUT2D eigenvalue weighted by molar-refractivity contribution is 0.276. The largest absolute Gasteiger partial charge is 0.366 e. The predicted octanol–water partition coefficient (Wildman–Crippen LogP) is 2.55. The third-order valence-corrected chi connectivity index (χ3v) is 6.16. The number of aryl methyl sites for hydroxylation is 1. The molecule has 0 saturated heterocycles. The smallest absolute Gasteiger partial charge is 0.151 e. The van der Waals surface area contributed by atoms with Crippen LogP contribution in [0.2, 0.25) is 0 Å². The maximum Gasteiger partial charge on any atom is 0.151 e. The van der Waals surface area contributed by atoms with Gasteiger partial charge in [0.15, 0.2) is 9.84 Å². The van der Waals surface area contributed by atoms with Gasteiger partial charge in [-0.15, -0.1) is 0 Å². The van der Waals surface area contributed by atoms with Gasteiger partial charge in [0.2, 0.25) is 0 Å². The zero-order valence-electron chi connectivity index (χ0n) is 13.2. The van der Waals surface area contributed by atoms with Crippen LogP contribution in [0.5, 0.6) is 0 Å². The van der Waals surface area contributed by atoms with Crippen molar-refractivity contribution in [2.75, 3.05) is 16.8 Å². The van der Waals surface area contributed by atoms with E-state index in [0.717, 1.165) is 11.7 Å². The summed E-state index contributed by atoms with van der Waals surface area (Å²) in [6.45, 7) is 6.71. The number of nitrogens with zero attached hydrogens (tertiary/aromatic N) is 2. The van der Waals surface area contributed by atoms with E-state index in [1.165, 1.54) is 19.3 Å². The van der Waals surface area contributed by atoms with Crippen LogP contribution >= 0.6 is 0 Å². The van der Waals surface area contributed by atoms with Crippen LogP contribution in [0.25, 0.3) is 0 Å². The minimum absolute atomic E-state index is 0.155. The molecule has 0 aromatic carbocycles. The van der Waals surface area contributed by atoms with E-state index in [0.29, 0.717) is 18.5 Å². The Morgan fingerprint density at radius 2 is 2.14 bits per heavy atom. The average molecular weight is 313 g/mol. The minimum Gasteiger partial charge on any atom is -0.366 e. The Balaban J connectivity index is 1.88. The summed E-state index contributed by atoms with van der Waals surface area (Å²) in [6.07, 6.45) is 5.55. The maximum absolute atomic E-state index is 11.5. The Labute approximate surface area is 128 Å². The summed E-state index contributed by atoms with van der Waals surface area (Å²) in [7, 11) is -2.93. The van der Waals surface area contributed by atoms with Gasteiger partial charge >= 0.3 is 0 Å². The molecule has 1 heterocycles. The Hall–Kier alpha value is -1.04. The normalized spacial score (nSPS) is 26.7. The Kier molecular flexibility index (Phi) is 5.30. The molecule has 0 amide bonds. The number of hydrogen-bond donors (Lipinski definition) is 1. The number of nitrogens with one attached hydrogen (secondary N) is 1. The standard InChI is InChI=1S/C15H27N3O2S/c1-4-21(19,20)10-9-18-8-7-15(17-18)16-14-6-5-12(2)11-13(14)3/h7-8,12-14H,4-6,9-11H2,1-3H3,(H,16,17). The summed E-state index contributed by atoms with van der Waals surface area (Å²) in [6, 6.07) is 2.41. The van der Waals surface area contributed by atoms with E-state index in [1.54, 1.807) is 11.6 Å². The van der Waals surface area contributed by atoms with E-state index in [-0.39, 0.29) is 11.5 Å². The molecule has 1 aromatic heterocycles. The number of rotatable bonds is 6. The van der Waals surface area contributed by atoms with Crippen molar-refractivity contribution in [2.45, 2.75) is 52.6 Å². The molecule has 5 nitrogen and oxygen atoms in total. The molecule has 0 aliphatic heterocycles. The Morgan fingerprint density at radius 3 is 2.81 bits per heavy atom. The van der Waals surface area contributed by atoms with Gasteiger partial charge in [-0.1, -0.05) is 20.8 Å². The van der Waals surface area contributed by atoms with Crippen molar-refractivity contribution in [1.82, 2.24) is 9.78 Å². The molecule has 1 aliphatic rings. The summed E-state index contributed by atoms with van der Waals surface area (Å²) < 4.78 is 24.7. The van der Waals surface area contributed by atoms with Gasteiger partial charge in [-0.2, -0.15) is 5.10 Å². The van der Waals surface area contributed by atoms with Crippen molar-refractivity contribution in [1.29, 1.82) is 0 Å².